The Balaban J connectivity index is 1.57. The molecule has 1 aliphatic rings. The molecule has 144 valence electrons. The Hall–Kier alpha value is -3.00. The average Bonchev–Trinajstić information content (AvgIpc) is 3.45. The summed E-state index contributed by atoms with van der Waals surface area (Å²) in [5.74, 6) is -0.465. The zero-order valence-corrected chi connectivity index (χ0v) is 16.1. The number of hydrogen-bond donors (Lipinski definition) is 1. The third-order valence-corrected chi connectivity index (χ3v) is 5.53. The molecule has 0 aliphatic heterocycles. The van der Waals surface area contributed by atoms with Crippen molar-refractivity contribution in [3.8, 4) is 0 Å². The average molecular weight is 397 g/mol. The molecule has 1 saturated carbocycles. The van der Waals surface area contributed by atoms with Gasteiger partial charge in [-0.15, -0.1) is 11.3 Å². The molecule has 28 heavy (non-hydrogen) atoms. The fourth-order valence-corrected chi connectivity index (χ4v) is 4.16. The fraction of sp³-hybridized carbons (Fsp3) is 0.300. The second-order valence-corrected chi connectivity index (χ2v) is 7.51. The highest BCUT2D eigenvalue weighted by Gasteiger charge is 2.32. The molecule has 1 amide bonds. The van der Waals surface area contributed by atoms with E-state index in [2.05, 4.69) is 10.3 Å². The first-order valence-corrected chi connectivity index (χ1v) is 9.99. The third-order valence-electron chi connectivity index (χ3n) is 4.61. The van der Waals surface area contributed by atoms with E-state index >= 15 is 0 Å². The van der Waals surface area contributed by atoms with Gasteiger partial charge in [0.15, 0.2) is 0 Å². The molecule has 0 bridgehead atoms. The van der Waals surface area contributed by atoms with Gasteiger partial charge < -0.3 is 10.1 Å². The van der Waals surface area contributed by atoms with Gasteiger partial charge in [-0.2, -0.15) is 0 Å². The summed E-state index contributed by atoms with van der Waals surface area (Å²) in [6.45, 7) is 1.83. The van der Waals surface area contributed by atoms with Crippen molar-refractivity contribution in [3.63, 3.8) is 0 Å². The first-order chi connectivity index (χ1) is 13.6. The van der Waals surface area contributed by atoms with Crippen molar-refractivity contribution in [2.75, 3.05) is 11.9 Å². The molecule has 1 aromatic carbocycles. The topological polar surface area (TPSA) is 90.3 Å². The van der Waals surface area contributed by atoms with E-state index in [4.69, 9.17) is 4.74 Å². The standard InChI is InChI=1S/C20H19N3O4S/c1-2-27-20(26)17-14(12-7-8-12)10-28-18(17)22-16(24)9-23-11-21-15-6-4-3-5-13(15)19(23)25/h3-6,10-12H,2,7-9H2,1H3,(H,22,24). The van der Waals surface area contributed by atoms with Crippen LogP contribution in [0.1, 0.15) is 41.6 Å². The molecule has 0 saturated heterocycles. The lowest BCUT2D eigenvalue weighted by atomic mass is 10.1. The van der Waals surface area contributed by atoms with Crippen molar-refractivity contribution in [3.05, 3.63) is 57.5 Å². The number of hydrogen-bond acceptors (Lipinski definition) is 6. The molecule has 0 radical (unpaired) electrons. The van der Waals surface area contributed by atoms with Crippen LogP contribution < -0.4 is 10.9 Å². The maximum Gasteiger partial charge on any atom is 0.341 e. The quantitative estimate of drug-likeness (QED) is 0.645. The van der Waals surface area contributed by atoms with Crippen LogP contribution in [0.25, 0.3) is 10.9 Å². The van der Waals surface area contributed by atoms with Gasteiger partial charge in [0.1, 0.15) is 11.5 Å². The Morgan fingerprint density at radius 1 is 1.32 bits per heavy atom. The SMILES string of the molecule is CCOC(=O)c1c(C2CC2)csc1NC(=O)Cn1cnc2ccccc2c1=O. The predicted octanol–water partition coefficient (Wildman–Crippen LogP) is 3.15. The molecular formula is C20H19N3O4S. The highest BCUT2D eigenvalue weighted by Crippen LogP contribution is 2.46. The van der Waals surface area contributed by atoms with Crippen LogP contribution >= 0.6 is 11.3 Å². The van der Waals surface area contributed by atoms with Crippen molar-refractivity contribution < 1.29 is 14.3 Å². The number of carbonyl (C=O) groups is 2. The van der Waals surface area contributed by atoms with Gasteiger partial charge in [0, 0.05) is 0 Å². The number of ether oxygens (including phenoxy) is 1. The fourth-order valence-electron chi connectivity index (χ4n) is 3.11. The summed E-state index contributed by atoms with van der Waals surface area (Å²) >= 11 is 1.31. The number of amides is 1. The molecule has 2 aromatic heterocycles. The molecule has 1 N–H and O–H groups in total. The van der Waals surface area contributed by atoms with Gasteiger partial charge in [-0.05, 0) is 48.8 Å². The lowest BCUT2D eigenvalue weighted by Gasteiger charge is -2.09. The lowest BCUT2D eigenvalue weighted by molar-refractivity contribution is -0.116. The summed E-state index contributed by atoms with van der Waals surface area (Å²) in [6.07, 6.45) is 3.43. The Kier molecular flexibility index (Phi) is 4.95. The lowest BCUT2D eigenvalue weighted by Crippen LogP contribution is -2.28. The van der Waals surface area contributed by atoms with E-state index in [-0.39, 0.29) is 18.7 Å². The molecule has 7 nitrogen and oxygen atoms in total. The number of carbonyl (C=O) groups excluding carboxylic acids is 2. The highest BCUT2D eigenvalue weighted by molar-refractivity contribution is 7.15. The van der Waals surface area contributed by atoms with E-state index in [0.29, 0.717) is 27.4 Å². The van der Waals surface area contributed by atoms with Crippen molar-refractivity contribution in [2.45, 2.75) is 32.2 Å². The maximum atomic E-state index is 12.6. The van der Waals surface area contributed by atoms with Gasteiger partial charge in [-0.25, -0.2) is 9.78 Å². The van der Waals surface area contributed by atoms with Crippen LogP contribution in [0.4, 0.5) is 5.00 Å². The number of para-hydroxylation sites is 1. The van der Waals surface area contributed by atoms with Crippen LogP contribution in [-0.2, 0) is 16.1 Å². The zero-order chi connectivity index (χ0) is 19.7. The third kappa shape index (κ3) is 3.55. The van der Waals surface area contributed by atoms with E-state index in [1.165, 1.54) is 22.2 Å². The molecular weight excluding hydrogens is 378 g/mol. The van der Waals surface area contributed by atoms with Crippen LogP contribution in [0.3, 0.4) is 0 Å². The number of thiophene rings is 1. The van der Waals surface area contributed by atoms with Crippen molar-refractivity contribution in [1.29, 1.82) is 0 Å². The summed E-state index contributed by atoms with van der Waals surface area (Å²) in [5, 5.41) is 5.59. The van der Waals surface area contributed by atoms with Crippen molar-refractivity contribution in [1.82, 2.24) is 9.55 Å². The monoisotopic (exact) mass is 397 g/mol. The minimum absolute atomic E-state index is 0.185. The van der Waals surface area contributed by atoms with Crippen molar-refractivity contribution >= 4 is 39.1 Å². The molecule has 4 rings (SSSR count). The Morgan fingerprint density at radius 2 is 2.11 bits per heavy atom. The second-order valence-electron chi connectivity index (χ2n) is 6.63. The van der Waals surface area contributed by atoms with E-state index in [9.17, 15) is 14.4 Å². The number of aromatic nitrogens is 2. The predicted molar refractivity (Wildman–Crippen MR) is 107 cm³/mol. The van der Waals surface area contributed by atoms with Gasteiger partial charge in [0.2, 0.25) is 5.91 Å². The first kappa shape index (κ1) is 18.4. The summed E-state index contributed by atoms with van der Waals surface area (Å²) in [5.41, 5.74) is 1.67. The number of esters is 1. The van der Waals surface area contributed by atoms with Gasteiger partial charge >= 0.3 is 5.97 Å². The number of nitrogens with zero attached hydrogens (tertiary/aromatic N) is 2. The van der Waals surface area contributed by atoms with E-state index in [1.54, 1.807) is 31.2 Å². The van der Waals surface area contributed by atoms with Crippen LogP contribution in [0.2, 0.25) is 0 Å². The number of nitrogens with one attached hydrogen (secondary N) is 1. The van der Waals surface area contributed by atoms with Crippen LogP contribution in [0.5, 0.6) is 0 Å². The summed E-state index contributed by atoms with van der Waals surface area (Å²) < 4.78 is 6.42. The number of fused-ring (bicyclic) bond motifs is 1. The number of benzene rings is 1. The van der Waals surface area contributed by atoms with Crippen LogP contribution in [-0.4, -0.2) is 28.0 Å². The highest BCUT2D eigenvalue weighted by atomic mass is 32.1. The van der Waals surface area contributed by atoms with Crippen molar-refractivity contribution in [2.24, 2.45) is 0 Å². The van der Waals surface area contributed by atoms with Gasteiger partial charge in [0.05, 0.1) is 29.4 Å². The minimum atomic E-state index is -0.425. The summed E-state index contributed by atoms with van der Waals surface area (Å²) in [7, 11) is 0. The molecule has 0 unspecified atom stereocenters. The molecule has 2 heterocycles. The zero-order valence-electron chi connectivity index (χ0n) is 15.3. The molecule has 0 spiro atoms. The second kappa shape index (κ2) is 7.55. The molecule has 3 aromatic rings. The normalized spacial score (nSPS) is 13.5. The van der Waals surface area contributed by atoms with E-state index in [1.807, 2.05) is 5.38 Å². The van der Waals surface area contributed by atoms with E-state index in [0.717, 1.165) is 18.4 Å². The largest absolute Gasteiger partial charge is 0.462 e. The maximum absolute atomic E-state index is 12.6. The molecule has 1 fully saturated rings. The van der Waals surface area contributed by atoms with Gasteiger partial charge in [-0.3, -0.25) is 14.2 Å². The smallest absolute Gasteiger partial charge is 0.341 e. The Labute approximate surface area is 165 Å². The van der Waals surface area contributed by atoms with Gasteiger partial charge in [-0.1, -0.05) is 12.1 Å². The van der Waals surface area contributed by atoms with Crippen LogP contribution in [0, 0.1) is 0 Å². The molecule has 0 atom stereocenters. The Morgan fingerprint density at radius 3 is 2.86 bits per heavy atom. The Bertz CT molecular complexity index is 1110. The first-order valence-electron chi connectivity index (χ1n) is 9.11. The van der Waals surface area contributed by atoms with Crippen LogP contribution in [0.15, 0.2) is 40.8 Å². The summed E-state index contributed by atoms with van der Waals surface area (Å²) in [4.78, 5) is 41.7. The van der Waals surface area contributed by atoms with E-state index < -0.39 is 11.9 Å². The molecule has 1 aliphatic carbocycles. The molecule has 8 heteroatoms. The number of anilines is 1. The summed E-state index contributed by atoms with van der Waals surface area (Å²) in [6, 6.07) is 6.99. The number of rotatable bonds is 6. The van der Waals surface area contributed by atoms with Gasteiger partial charge in [0.25, 0.3) is 5.56 Å². The minimum Gasteiger partial charge on any atom is -0.462 e.